The van der Waals surface area contributed by atoms with Crippen molar-refractivity contribution in [3.05, 3.63) is 163 Å². The maximum atomic E-state index is 5.06. The van der Waals surface area contributed by atoms with E-state index in [0.717, 1.165) is 39.4 Å². The van der Waals surface area contributed by atoms with Crippen molar-refractivity contribution in [3.8, 4) is 39.5 Å². The summed E-state index contributed by atoms with van der Waals surface area (Å²) in [7, 11) is 0. The third-order valence-electron chi connectivity index (χ3n) is 7.87. The molecule has 3 heterocycles. The van der Waals surface area contributed by atoms with E-state index in [-0.39, 0.29) is 20.1 Å². The first-order valence-electron chi connectivity index (χ1n) is 15.1. The third-order valence-corrected chi connectivity index (χ3v) is 8.74. The molecule has 46 heavy (non-hydrogen) atoms. The van der Waals surface area contributed by atoms with Crippen molar-refractivity contribution >= 4 is 32.5 Å². The Kier molecular flexibility index (Phi) is 9.65. The Hall–Kier alpha value is -4.67. The molecule has 8 aromatic rings. The molecule has 0 atom stereocenters. The van der Waals surface area contributed by atoms with Crippen LogP contribution < -0.4 is 0 Å². The van der Waals surface area contributed by atoms with Gasteiger partial charge in [0.2, 0.25) is 0 Å². The molecule has 3 nitrogen and oxygen atoms in total. The number of benzene rings is 5. The fourth-order valence-corrected chi connectivity index (χ4v) is 6.37. The smallest absolute Gasteiger partial charge is 0.0774 e. The minimum atomic E-state index is 0. The summed E-state index contributed by atoms with van der Waals surface area (Å²) >= 11 is 1.68. The minimum Gasteiger partial charge on any atom is -0.333 e. The van der Waals surface area contributed by atoms with E-state index in [4.69, 9.17) is 4.98 Å². The fourth-order valence-electron chi connectivity index (χ4n) is 5.48. The van der Waals surface area contributed by atoms with Gasteiger partial charge in [-0.3, -0.25) is 16.3 Å². The van der Waals surface area contributed by atoms with E-state index in [9.17, 15) is 0 Å². The molecule has 5 aromatic carbocycles. The Labute approximate surface area is 287 Å². The number of fused-ring (bicyclic) bond motifs is 2. The normalized spacial score (nSPS) is 10.8. The van der Waals surface area contributed by atoms with Crippen molar-refractivity contribution in [1.29, 1.82) is 0 Å². The Bertz CT molecular complexity index is 2130. The molecule has 0 unspecified atom stereocenters. The van der Waals surface area contributed by atoms with E-state index in [1.54, 1.807) is 17.5 Å². The zero-order valence-corrected chi connectivity index (χ0v) is 28.7. The number of pyridine rings is 1. The van der Waals surface area contributed by atoms with Gasteiger partial charge in [-0.05, 0) is 53.1 Å². The van der Waals surface area contributed by atoms with Gasteiger partial charge in [0.05, 0.1) is 16.9 Å². The molecule has 0 amide bonds. The Morgan fingerprint density at radius 1 is 0.717 bits per heavy atom. The summed E-state index contributed by atoms with van der Waals surface area (Å²) < 4.78 is 3.52. The molecule has 0 aliphatic rings. The van der Waals surface area contributed by atoms with E-state index in [1.165, 1.54) is 26.8 Å². The van der Waals surface area contributed by atoms with Crippen LogP contribution in [0.4, 0.5) is 0 Å². The van der Waals surface area contributed by atoms with Gasteiger partial charge in [0.25, 0.3) is 0 Å². The maximum absolute atomic E-state index is 5.06. The average Bonchev–Trinajstić information content (AvgIpc) is 3.71. The Balaban J connectivity index is 0.000000241. The molecule has 8 rings (SSSR count). The number of nitrogens with zero attached hydrogens (tertiary/aromatic N) is 3. The standard InChI is InChI=1S/C30H23N2S.C11H8N.Ir/c1-20(2)23-14-17-25-26(19-33-29(25)18-23)30-31-27-10-6-7-11-28(27)32(30)24-15-12-22(13-16-24)21-8-4-3-5-9-21;1-2-6-10(7-3-1)11-8-4-5-9-12-11;/h3-18,20H,1-2H3;1-6,8-9H;/q2*-1;. The van der Waals surface area contributed by atoms with Crippen LogP contribution in [-0.2, 0) is 20.1 Å². The molecule has 0 bridgehead atoms. The summed E-state index contributed by atoms with van der Waals surface area (Å²) in [5.41, 5.74) is 10.1. The van der Waals surface area contributed by atoms with Crippen molar-refractivity contribution in [2.45, 2.75) is 19.8 Å². The quantitative estimate of drug-likeness (QED) is 0.163. The number of imidazole rings is 1. The fraction of sp³-hybridized carbons (Fsp3) is 0.0732. The number of aromatic nitrogens is 3. The molecule has 1 radical (unpaired) electrons. The zero-order chi connectivity index (χ0) is 30.6. The topological polar surface area (TPSA) is 30.7 Å². The van der Waals surface area contributed by atoms with Gasteiger partial charge in [0, 0.05) is 32.0 Å². The summed E-state index contributed by atoms with van der Waals surface area (Å²) in [6.45, 7) is 4.47. The first kappa shape index (κ1) is 31.3. The van der Waals surface area contributed by atoms with E-state index >= 15 is 0 Å². The minimum absolute atomic E-state index is 0. The first-order valence-corrected chi connectivity index (χ1v) is 15.9. The SMILES string of the molecule is CC(C)c1ccc2c(-c3nc4ccccc4n3-c3ccc(-c4ccccc4)cc3)[c-]sc2c1.[Ir].[c-]1ccccc1-c1ccccn1. The van der Waals surface area contributed by atoms with Gasteiger partial charge < -0.3 is 9.55 Å². The van der Waals surface area contributed by atoms with Crippen LogP contribution in [0.5, 0.6) is 0 Å². The number of thiophene rings is 1. The van der Waals surface area contributed by atoms with Gasteiger partial charge in [-0.25, -0.2) is 0 Å². The summed E-state index contributed by atoms with van der Waals surface area (Å²) in [6, 6.07) is 51.2. The molecule has 0 spiro atoms. The van der Waals surface area contributed by atoms with Crippen LogP contribution in [0, 0.1) is 11.4 Å². The summed E-state index contributed by atoms with van der Waals surface area (Å²) in [5.74, 6) is 1.44. The second-order valence-corrected chi connectivity index (χ2v) is 12.0. The molecule has 0 aliphatic heterocycles. The zero-order valence-electron chi connectivity index (χ0n) is 25.5. The molecule has 0 saturated carbocycles. The van der Waals surface area contributed by atoms with E-state index in [0.29, 0.717) is 5.92 Å². The molecular formula is C41H31IrN3S-2. The molecule has 3 aromatic heterocycles. The summed E-state index contributed by atoms with van der Waals surface area (Å²) in [4.78, 5) is 9.28. The molecule has 0 fully saturated rings. The largest absolute Gasteiger partial charge is 0.333 e. The third kappa shape index (κ3) is 6.49. The number of hydrogen-bond donors (Lipinski definition) is 0. The van der Waals surface area contributed by atoms with E-state index in [1.807, 2.05) is 54.6 Å². The second-order valence-electron chi connectivity index (χ2n) is 11.2. The molecular weight excluding hydrogens is 759 g/mol. The summed E-state index contributed by atoms with van der Waals surface area (Å²) in [6.07, 6.45) is 1.79. The van der Waals surface area contributed by atoms with Crippen LogP contribution >= 0.6 is 11.3 Å². The van der Waals surface area contributed by atoms with Crippen LogP contribution in [0.15, 0.2) is 146 Å². The van der Waals surface area contributed by atoms with Crippen LogP contribution in [0.3, 0.4) is 0 Å². The van der Waals surface area contributed by atoms with Gasteiger partial charge in [0.15, 0.2) is 0 Å². The van der Waals surface area contributed by atoms with Crippen molar-refractivity contribution in [1.82, 2.24) is 14.5 Å². The number of para-hydroxylation sites is 2. The maximum Gasteiger partial charge on any atom is 0.0774 e. The molecule has 227 valence electrons. The molecule has 0 N–H and O–H groups in total. The average molecular weight is 790 g/mol. The van der Waals surface area contributed by atoms with Crippen molar-refractivity contribution in [2.75, 3.05) is 0 Å². The number of hydrogen-bond acceptors (Lipinski definition) is 3. The molecule has 0 aliphatic carbocycles. The van der Waals surface area contributed by atoms with Crippen LogP contribution in [0.2, 0.25) is 0 Å². The predicted octanol–water partition coefficient (Wildman–Crippen LogP) is 11.0. The van der Waals surface area contributed by atoms with Crippen LogP contribution in [0.25, 0.3) is 60.6 Å². The van der Waals surface area contributed by atoms with Crippen LogP contribution in [0.1, 0.15) is 25.3 Å². The second kappa shape index (κ2) is 14.2. The van der Waals surface area contributed by atoms with Gasteiger partial charge in [-0.1, -0.05) is 114 Å². The summed E-state index contributed by atoms with van der Waals surface area (Å²) in [5, 5.41) is 4.77. The van der Waals surface area contributed by atoms with Crippen LogP contribution in [-0.4, -0.2) is 14.5 Å². The Morgan fingerprint density at radius 3 is 2.20 bits per heavy atom. The van der Waals surface area contributed by atoms with Crippen molar-refractivity contribution in [3.63, 3.8) is 0 Å². The molecule has 0 saturated heterocycles. The van der Waals surface area contributed by atoms with Crippen molar-refractivity contribution in [2.24, 2.45) is 0 Å². The molecule has 5 heteroatoms. The van der Waals surface area contributed by atoms with Gasteiger partial charge in [-0.15, -0.1) is 47.3 Å². The van der Waals surface area contributed by atoms with E-state index in [2.05, 4.69) is 120 Å². The van der Waals surface area contributed by atoms with Gasteiger partial charge in [-0.2, -0.15) is 0 Å². The number of rotatable bonds is 5. The predicted molar refractivity (Wildman–Crippen MR) is 189 cm³/mol. The van der Waals surface area contributed by atoms with Gasteiger partial charge in [0.1, 0.15) is 0 Å². The van der Waals surface area contributed by atoms with Gasteiger partial charge >= 0.3 is 0 Å². The first-order chi connectivity index (χ1) is 22.2. The van der Waals surface area contributed by atoms with Crippen molar-refractivity contribution < 1.29 is 20.1 Å². The monoisotopic (exact) mass is 790 g/mol. The van der Waals surface area contributed by atoms with E-state index < -0.39 is 0 Å². The Morgan fingerprint density at radius 2 is 1.46 bits per heavy atom.